The van der Waals surface area contributed by atoms with Crippen LogP contribution in [0.25, 0.3) is 0 Å². The number of primary amides is 1. The van der Waals surface area contributed by atoms with Crippen LogP contribution in [0.5, 0.6) is 0 Å². The number of rotatable bonds is 2. The minimum Gasteiger partial charge on any atom is -0.369 e. The van der Waals surface area contributed by atoms with Crippen molar-refractivity contribution in [3.63, 3.8) is 0 Å². The van der Waals surface area contributed by atoms with Gasteiger partial charge < -0.3 is 16.4 Å². The van der Waals surface area contributed by atoms with Gasteiger partial charge in [-0.3, -0.25) is 9.59 Å². The standard InChI is InChI=1S/C12H21N3O2/c13-10(16)9-4-7-15(8-9)11(17)12(14)5-2-1-3-6-12/h9H,1-8,14H2,(H2,13,16). The predicted octanol–water partition coefficient (Wildman–Crippen LogP) is -0.0182. The van der Waals surface area contributed by atoms with Crippen molar-refractivity contribution in [1.82, 2.24) is 4.90 Å². The number of likely N-dealkylation sites (tertiary alicyclic amines) is 1. The Morgan fingerprint density at radius 1 is 1.18 bits per heavy atom. The molecular formula is C12H21N3O2. The highest BCUT2D eigenvalue weighted by Crippen LogP contribution is 2.29. The number of carbonyl (C=O) groups is 2. The van der Waals surface area contributed by atoms with Crippen molar-refractivity contribution in [3.05, 3.63) is 0 Å². The molecule has 1 heterocycles. The molecule has 2 aliphatic rings. The van der Waals surface area contributed by atoms with Gasteiger partial charge in [0.2, 0.25) is 11.8 Å². The van der Waals surface area contributed by atoms with Crippen LogP contribution in [0.4, 0.5) is 0 Å². The summed E-state index contributed by atoms with van der Waals surface area (Å²) in [5.41, 5.74) is 10.8. The minimum atomic E-state index is -0.690. The normalized spacial score (nSPS) is 28.1. The van der Waals surface area contributed by atoms with Crippen LogP contribution >= 0.6 is 0 Å². The molecule has 4 N–H and O–H groups in total. The Hall–Kier alpha value is -1.10. The first-order valence-corrected chi connectivity index (χ1v) is 6.40. The van der Waals surface area contributed by atoms with E-state index in [0.717, 1.165) is 32.1 Å². The van der Waals surface area contributed by atoms with Gasteiger partial charge in [-0.2, -0.15) is 0 Å². The van der Waals surface area contributed by atoms with Crippen molar-refractivity contribution in [2.45, 2.75) is 44.1 Å². The zero-order valence-electron chi connectivity index (χ0n) is 10.2. The molecule has 1 saturated heterocycles. The Kier molecular flexibility index (Phi) is 3.38. The second-order valence-corrected chi connectivity index (χ2v) is 5.36. The Morgan fingerprint density at radius 3 is 2.35 bits per heavy atom. The summed E-state index contributed by atoms with van der Waals surface area (Å²) in [4.78, 5) is 25.1. The smallest absolute Gasteiger partial charge is 0.242 e. The molecule has 0 aromatic rings. The Bertz CT molecular complexity index is 324. The van der Waals surface area contributed by atoms with E-state index in [1.807, 2.05) is 0 Å². The van der Waals surface area contributed by atoms with Crippen LogP contribution in [-0.4, -0.2) is 35.3 Å². The third-order valence-corrected chi connectivity index (χ3v) is 4.05. The number of nitrogens with two attached hydrogens (primary N) is 2. The first-order chi connectivity index (χ1) is 8.03. The first-order valence-electron chi connectivity index (χ1n) is 6.40. The fraction of sp³-hybridized carbons (Fsp3) is 0.833. The van der Waals surface area contributed by atoms with Gasteiger partial charge in [0.1, 0.15) is 0 Å². The Morgan fingerprint density at radius 2 is 1.82 bits per heavy atom. The van der Waals surface area contributed by atoms with Crippen LogP contribution in [0, 0.1) is 5.92 Å². The largest absolute Gasteiger partial charge is 0.369 e. The van der Waals surface area contributed by atoms with Gasteiger partial charge in [0, 0.05) is 13.1 Å². The lowest BCUT2D eigenvalue weighted by Crippen LogP contribution is -2.55. The van der Waals surface area contributed by atoms with E-state index in [9.17, 15) is 9.59 Å². The summed E-state index contributed by atoms with van der Waals surface area (Å²) in [7, 11) is 0. The molecule has 1 saturated carbocycles. The zero-order chi connectivity index (χ0) is 12.5. The van der Waals surface area contributed by atoms with Crippen LogP contribution in [-0.2, 0) is 9.59 Å². The van der Waals surface area contributed by atoms with Gasteiger partial charge in [0.15, 0.2) is 0 Å². The molecule has 2 rings (SSSR count). The van der Waals surface area contributed by atoms with Gasteiger partial charge in [-0.05, 0) is 19.3 Å². The highest BCUT2D eigenvalue weighted by Gasteiger charge is 2.41. The molecule has 96 valence electrons. The molecule has 1 aliphatic carbocycles. The molecule has 0 bridgehead atoms. The number of hydrogen-bond donors (Lipinski definition) is 2. The van der Waals surface area contributed by atoms with E-state index in [-0.39, 0.29) is 17.7 Å². The van der Waals surface area contributed by atoms with E-state index in [1.54, 1.807) is 4.90 Å². The molecular weight excluding hydrogens is 218 g/mol. The van der Waals surface area contributed by atoms with Gasteiger partial charge >= 0.3 is 0 Å². The molecule has 2 fully saturated rings. The molecule has 0 aromatic carbocycles. The summed E-state index contributed by atoms with van der Waals surface area (Å²) >= 11 is 0. The lowest BCUT2D eigenvalue weighted by molar-refractivity contribution is -0.137. The fourth-order valence-electron chi connectivity index (χ4n) is 2.89. The van der Waals surface area contributed by atoms with Gasteiger partial charge in [-0.25, -0.2) is 0 Å². The van der Waals surface area contributed by atoms with Crippen molar-refractivity contribution in [1.29, 1.82) is 0 Å². The third-order valence-electron chi connectivity index (χ3n) is 4.05. The number of hydrogen-bond acceptors (Lipinski definition) is 3. The van der Waals surface area contributed by atoms with E-state index in [0.29, 0.717) is 19.5 Å². The fourth-order valence-corrected chi connectivity index (χ4v) is 2.89. The van der Waals surface area contributed by atoms with E-state index in [4.69, 9.17) is 11.5 Å². The lowest BCUT2D eigenvalue weighted by Gasteiger charge is -2.35. The summed E-state index contributed by atoms with van der Waals surface area (Å²) in [6.45, 7) is 1.07. The van der Waals surface area contributed by atoms with Crippen molar-refractivity contribution < 1.29 is 9.59 Å². The van der Waals surface area contributed by atoms with Crippen LogP contribution < -0.4 is 11.5 Å². The van der Waals surface area contributed by atoms with Crippen LogP contribution in [0.3, 0.4) is 0 Å². The molecule has 5 nitrogen and oxygen atoms in total. The third kappa shape index (κ3) is 2.44. The van der Waals surface area contributed by atoms with Crippen LogP contribution in [0.1, 0.15) is 38.5 Å². The Balaban J connectivity index is 1.98. The summed E-state index contributed by atoms with van der Waals surface area (Å²) < 4.78 is 0. The lowest BCUT2D eigenvalue weighted by atomic mass is 9.81. The van der Waals surface area contributed by atoms with E-state index in [1.165, 1.54) is 0 Å². The molecule has 5 heteroatoms. The van der Waals surface area contributed by atoms with Crippen molar-refractivity contribution >= 4 is 11.8 Å². The van der Waals surface area contributed by atoms with E-state index >= 15 is 0 Å². The predicted molar refractivity (Wildman–Crippen MR) is 63.9 cm³/mol. The minimum absolute atomic E-state index is 0.0148. The van der Waals surface area contributed by atoms with Gasteiger partial charge in [-0.1, -0.05) is 19.3 Å². The number of amides is 2. The SMILES string of the molecule is NC(=O)C1CCN(C(=O)C2(N)CCCCC2)C1. The molecule has 1 aliphatic heterocycles. The van der Waals surface area contributed by atoms with Crippen LogP contribution in [0.2, 0.25) is 0 Å². The molecule has 1 unspecified atom stereocenters. The monoisotopic (exact) mass is 239 g/mol. The molecule has 0 aromatic heterocycles. The average Bonchev–Trinajstić information content (AvgIpc) is 2.78. The molecule has 0 spiro atoms. The number of nitrogens with zero attached hydrogens (tertiary/aromatic N) is 1. The maximum atomic E-state index is 12.3. The molecule has 1 atom stereocenters. The highest BCUT2D eigenvalue weighted by molar-refractivity contribution is 5.87. The maximum absolute atomic E-state index is 12.3. The van der Waals surface area contributed by atoms with Gasteiger partial charge in [0.05, 0.1) is 11.5 Å². The van der Waals surface area contributed by atoms with Gasteiger partial charge in [0.25, 0.3) is 0 Å². The summed E-state index contributed by atoms with van der Waals surface area (Å²) in [6, 6.07) is 0. The van der Waals surface area contributed by atoms with Crippen molar-refractivity contribution in [2.24, 2.45) is 17.4 Å². The first kappa shape index (κ1) is 12.4. The van der Waals surface area contributed by atoms with E-state index in [2.05, 4.69) is 0 Å². The second-order valence-electron chi connectivity index (χ2n) is 5.36. The quantitative estimate of drug-likeness (QED) is 0.709. The van der Waals surface area contributed by atoms with Gasteiger partial charge in [-0.15, -0.1) is 0 Å². The van der Waals surface area contributed by atoms with Crippen molar-refractivity contribution in [3.8, 4) is 0 Å². The topological polar surface area (TPSA) is 89.4 Å². The van der Waals surface area contributed by atoms with Crippen molar-refractivity contribution in [2.75, 3.05) is 13.1 Å². The zero-order valence-corrected chi connectivity index (χ0v) is 10.2. The second kappa shape index (κ2) is 4.64. The number of carbonyl (C=O) groups excluding carboxylic acids is 2. The highest BCUT2D eigenvalue weighted by atomic mass is 16.2. The molecule has 0 radical (unpaired) electrons. The summed E-state index contributed by atoms with van der Waals surface area (Å²) in [5.74, 6) is -0.484. The summed E-state index contributed by atoms with van der Waals surface area (Å²) in [5, 5.41) is 0. The molecule has 17 heavy (non-hydrogen) atoms. The average molecular weight is 239 g/mol. The molecule has 2 amide bonds. The maximum Gasteiger partial charge on any atom is 0.242 e. The Labute approximate surface area is 102 Å². The summed E-state index contributed by atoms with van der Waals surface area (Å²) in [6.07, 6.45) is 5.42. The van der Waals surface area contributed by atoms with E-state index < -0.39 is 5.54 Å². The van der Waals surface area contributed by atoms with Crippen LogP contribution in [0.15, 0.2) is 0 Å².